The van der Waals surface area contributed by atoms with Crippen LogP contribution in [0.2, 0.25) is 0 Å². The van der Waals surface area contributed by atoms with Crippen LogP contribution in [0.4, 0.5) is 0 Å². The summed E-state index contributed by atoms with van der Waals surface area (Å²) in [5, 5.41) is 2.38. The fraction of sp³-hybridized carbons (Fsp3) is 0.250. The van der Waals surface area contributed by atoms with Crippen LogP contribution in [-0.2, 0) is 11.3 Å². The predicted octanol–water partition coefficient (Wildman–Crippen LogP) is 0.381. The van der Waals surface area contributed by atoms with Gasteiger partial charge in [0.05, 0.1) is 0 Å². The van der Waals surface area contributed by atoms with Gasteiger partial charge >= 0.3 is 0 Å². The summed E-state index contributed by atoms with van der Waals surface area (Å²) in [4.78, 5) is 0. The Morgan fingerprint density at radius 3 is 2.67 bits per heavy atom. The highest BCUT2D eigenvalue weighted by Gasteiger charge is 1.53. The minimum absolute atomic E-state index is 0.339. The smallest absolute Gasteiger partial charge is 0.141 e. The summed E-state index contributed by atoms with van der Waals surface area (Å²) >= 11 is 0.339. The number of hydrogen-bond donors (Lipinski definition) is 0. The molecule has 0 saturated heterocycles. The first kappa shape index (κ1) is 5.67. The Morgan fingerprint density at radius 2 is 2.50 bits per heavy atom. The maximum absolute atomic E-state index is 9.44. The van der Waals surface area contributed by atoms with Crippen molar-refractivity contribution in [1.29, 1.82) is 0 Å². The van der Waals surface area contributed by atoms with E-state index in [0.29, 0.717) is 11.3 Å². The van der Waals surface area contributed by atoms with Crippen molar-refractivity contribution in [2.24, 2.45) is 0 Å². The molecule has 2 heteroatoms. The number of allylic oxidation sites excluding steroid dienone is 1. The first-order valence-corrected chi connectivity index (χ1v) is 2.31. The summed E-state index contributed by atoms with van der Waals surface area (Å²) in [6.07, 6.45) is 3.34. The second-order valence-corrected chi connectivity index (χ2v) is 1.10. The van der Waals surface area contributed by atoms with E-state index in [4.69, 9.17) is 0 Å². The second kappa shape index (κ2) is 4.67. The highest BCUT2D eigenvalue weighted by Crippen LogP contribution is 1.63. The van der Waals surface area contributed by atoms with Crippen LogP contribution < -0.4 is 0 Å². The molecular formula is C4H5OS. The van der Waals surface area contributed by atoms with Crippen LogP contribution in [0.1, 0.15) is 6.92 Å². The van der Waals surface area contributed by atoms with Gasteiger partial charge in [0, 0.05) is 0 Å². The molecule has 33 valence electrons. The van der Waals surface area contributed by atoms with E-state index in [2.05, 4.69) is 5.02 Å². The van der Waals surface area contributed by atoms with Crippen molar-refractivity contribution in [3.63, 3.8) is 0 Å². The van der Waals surface area contributed by atoms with Crippen molar-refractivity contribution in [3.05, 3.63) is 12.5 Å². The van der Waals surface area contributed by atoms with Gasteiger partial charge in [0.15, 0.2) is 0 Å². The molecule has 6 heavy (non-hydrogen) atoms. The molecule has 0 aromatic heterocycles. The number of rotatable bonds is 1. The zero-order chi connectivity index (χ0) is 4.83. The van der Waals surface area contributed by atoms with Gasteiger partial charge in [-0.3, -0.25) is 0 Å². The highest BCUT2D eigenvalue weighted by molar-refractivity contribution is 7.64. The lowest BCUT2D eigenvalue weighted by molar-refractivity contribution is 0.701. The molecule has 0 aromatic rings. The second-order valence-electron chi connectivity index (χ2n) is 0.701. The lowest BCUT2D eigenvalue weighted by Crippen LogP contribution is -1.51. The Labute approximate surface area is 40.8 Å². The first-order valence-electron chi connectivity index (χ1n) is 1.57. The highest BCUT2D eigenvalue weighted by atomic mass is 32.1. The molecule has 0 aliphatic carbocycles. The molecule has 0 fully saturated rings. The molecule has 0 rings (SSSR count). The average molecular weight is 101 g/mol. The van der Waals surface area contributed by atoms with Crippen molar-refractivity contribution >= 4 is 16.3 Å². The summed E-state index contributed by atoms with van der Waals surface area (Å²) in [6.45, 7) is 1.84. The molecule has 1 radical (unpaired) electrons. The molecule has 0 heterocycles. The van der Waals surface area contributed by atoms with E-state index in [1.807, 2.05) is 6.92 Å². The van der Waals surface area contributed by atoms with Gasteiger partial charge in [-0.25, -0.2) is 4.21 Å². The summed E-state index contributed by atoms with van der Waals surface area (Å²) in [7, 11) is 0. The van der Waals surface area contributed by atoms with Gasteiger partial charge in [-0.05, 0) is 17.5 Å². The van der Waals surface area contributed by atoms with Crippen molar-refractivity contribution in [2.75, 3.05) is 0 Å². The standard InChI is InChI=1S/C4H5OS/c1-2-3-4-6-5/h2-3H,1H3. The Bertz CT molecular complexity index is 96.1. The summed E-state index contributed by atoms with van der Waals surface area (Å²) < 4.78 is 9.44. The maximum Gasteiger partial charge on any atom is 0.141 e. The Balaban J connectivity index is 3.47. The largest absolute Gasteiger partial charge is 0.203 e. The third-order valence-electron chi connectivity index (χ3n) is 0.283. The molecule has 0 aliphatic rings. The monoisotopic (exact) mass is 101 g/mol. The van der Waals surface area contributed by atoms with E-state index in [1.165, 1.54) is 0 Å². The molecule has 0 aliphatic heterocycles. The van der Waals surface area contributed by atoms with Gasteiger partial charge < -0.3 is 0 Å². The summed E-state index contributed by atoms with van der Waals surface area (Å²) in [6, 6.07) is 0. The topological polar surface area (TPSA) is 17.1 Å². The van der Waals surface area contributed by atoms with Gasteiger partial charge in [0.25, 0.3) is 0 Å². The summed E-state index contributed by atoms with van der Waals surface area (Å²) in [5.41, 5.74) is 0. The van der Waals surface area contributed by atoms with E-state index in [0.717, 1.165) is 0 Å². The van der Waals surface area contributed by atoms with Gasteiger partial charge in [0.2, 0.25) is 0 Å². The average Bonchev–Trinajstić information content (AvgIpc) is 1.61. The quantitative estimate of drug-likeness (QED) is 0.436. The van der Waals surface area contributed by atoms with E-state index >= 15 is 0 Å². The van der Waals surface area contributed by atoms with Gasteiger partial charge in [0.1, 0.15) is 11.3 Å². The van der Waals surface area contributed by atoms with Crippen LogP contribution in [0, 0.1) is 6.42 Å². The van der Waals surface area contributed by atoms with E-state index < -0.39 is 0 Å². The van der Waals surface area contributed by atoms with Crippen LogP contribution >= 0.6 is 0 Å². The Kier molecular flexibility index (Phi) is 4.41. The molecule has 0 atom stereocenters. The normalized spacial score (nSPS) is 6.17. The molecular weight excluding hydrogens is 96.1 g/mol. The van der Waals surface area contributed by atoms with Gasteiger partial charge in [-0.1, -0.05) is 6.92 Å². The van der Waals surface area contributed by atoms with Crippen molar-refractivity contribution < 1.29 is 4.21 Å². The Morgan fingerprint density at radius 1 is 1.83 bits per heavy atom. The number of hydrogen-bond acceptors (Lipinski definition) is 1. The maximum atomic E-state index is 9.44. The third-order valence-corrected chi connectivity index (χ3v) is 0.515. The minimum atomic E-state index is 0.339. The summed E-state index contributed by atoms with van der Waals surface area (Å²) in [5.74, 6) is 0. The van der Waals surface area contributed by atoms with Crippen LogP contribution in [0.25, 0.3) is 0 Å². The molecule has 0 spiro atoms. The van der Waals surface area contributed by atoms with E-state index in [1.54, 1.807) is 12.5 Å². The van der Waals surface area contributed by atoms with Crippen molar-refractivity contribution in [2.45, 2.75) is 6.92 Å². The van der Waals surface area contributed by atoms with Crippen LogP contribution in [0.3, 0.4) is 0 Å². The zero-order valence-electron chi connectivity index (χ0n) is 3.47. The lowest BCUT2D eigenvalue weighted by atomic mass is 10.5. The fourth-order valence-corrected chi connectivity index (χ4v) is 0.287. The van der Waals surface area contributed by atoms with Crippen molar-refractivity contribution in [1.82, 2.24) is 0 Å². The molecule has 1 nitrogen and oxygen atoms in total. The molecule has 0 bridgehead atoms. The minimum Gasteiger partial charge on any atom is -0.203 e. The SMILES string of the molecule is C[CH]C=C=S=O. The fourth-order valence-electron chi connectivity index (χ4n) is 0.0958. The predicted molar refractivity (Wildman–Crippen MR) is 27.7 cm³/mol. The molecule has 0 amide bonds. The van der Waals surface area contributed by atoms with Gasteiger partial charge in [-0.2, -0.15) is 0 Å². The first-order chi connectivity index (χ1) is 2.91. The van der Waals surface area contributed by atoms with E-state index in [-0.39, 0.29) is 0 Å². The van der Waals surface area contributed by atoms with E-state index in [9.17, 15) is 4.21 Å². The van der Waals surface area contributed by atoms with Crippen molar-refractivity contribution in [3.8, 4) is 0 Å². The third kappa shape index (κ3) is 3.67. The molecule has 0 saturated carbocycles. The Hall–Kier alpha value is -0.330. The van der Waals surface area contributed by atoms with Crippen LogP contribution in [-0.4, -0.2) is 9.23 Å². The molecule has 0 aromatic carbocycles. The molecule has 0 unspecified atom stereocenters. The van der Waals surface area contributed by atoms with Gasteiger partial charge in [-0.15, -0.1) is 0 Å². The van der Waals surface area contributed by atoms with Crippen LogP contribution in [0.15, 0.2) is 6.08 Å². The zero-order valence-corrected chi connectivity index (χ0v) is 4.29. The lowest BCUT2D eigenvalue weighted by Gasteiger charge is -1.57. The molecule has 0 N–H and O–H groups in total. The van der Waals surface area contributed by atoms with Crippen LogP contribution in [0.5, 0.6) is 0 Å².